The van der Waals surface area contributed by atoms with E-state index in [1.165, 1.54) is 11.7 Å². The first-order chi connectivity index (χ1) is 9.04. The van der Waals surface area contributed by atoms with Gasteiger partial charge >= 0.3 is 11.3 Å². The average molecular weight is 261 g/mol. The number of rotatable bonds is 3. The standard InChI is InChI=1S/C13H15N3O3/c1-4-9-7-5-6-8(2)10(9)14-12(17)11-13(18)19-15-16(11)3/h5-7H,4H2,1-3H3,(H-,14,15,17,18). The molecule has 1 heterocycles. The second-order valence-corrected chi connectivity index (χ2v) is 4.24. The van der Waals surface area contributed by atoms with Crippen LogP contribution in [0.1, 0.15) is 23.7 Å². The van der Waals surface area contributed by atoms with Gasteiger partial charge in [-0.3, -0.25) is 9.52 Å². The number of nitrogens with zero attached hydrogens (tertiary/aromatic N) is 2. The van der Waals surface area contributed by atoms with Gasteiger partial charge in [-0.1, -0.05) is 29.8 Å². The van der Waals surface area contributed by atoms with E-state index in [-0.39, 0.29) is 5.69 Å². The second kappa shape index (κ2) is 5.09. The molecule has 1 N–H and O–H groups in total. The molecule has 0 unspecified atom stereocenters. The molecule has 1 aromatic heterocycles. The number of aryl methyl sites for hydroxylation is 3. The van der Waals surface area contributed by atoms with Gasteiger partial charge in [0.1, 0.15) is 0 Å². The minimum absolute atomic E-state index is 0.120. The van der Waals surface area contributed by atoms with E-state index in [1.54, 1.807) is 0 Å². The summed E-state index contributed by atoms with van der Waals surface area (Å²) in [5, 5.41) is 14.4. The summed E-state index contributed by atoms with van der Waals surface area (Å²) in [7, 11) is 1.52. The molecule has 2 aromatic rings. The Kier molecular flexibility index (Phi) is 3.50. The first-order valence-corrected chi connectivity index (χ1v) is 5.96. The summed E-state index contributed by atoms with van der Waals surface area (Å²) in [5.74, 6) is -0.610. The van der Waals surface area contributed by atoms with Crippen molar-refractivity contribution < 1.29 is 14.3 Å². The van der Waals surface area contributed by atoms with E-state index in [0.29, 0.717) is 5.69 Å². The summed E-state index contributed by atoms with van der Waals surface area (Å²) in [4.78, 5) is 15.5. The number of hydrogen-bond acceptors (Lipinski definition) is 4. The summed E-state index contributed by atoms with van der Waals surface area (Å²) in [5.41, 5.74) is 1.65. The SMILES string of the molecule is CCc1cccc(C)c1N=C([O-])c1c(=O)o[nH][n+]1C. The molecule has 6 nitrogen and oxygen atoms in total. The van der Waals surface area contributed by atoms with Crippen LogP contribution in [0.3, 0.4) is 0 Å². The van der Waals surface area contributed by atoms with E-state index >= 15 is 0 Å². The Labute approximate surface area is 110 Å². The number of aromatic amines is 1. The predicted octanol–water partition coefficient (Wildman–Crippen LogP) is 0.102. The van der Waals surface area contributed by atoms with Crippen molar-refractivity contribution in [2.24, 2.45) is 12.0 Å². The number of hydrogen-bond donors (Lipinski definition) is 1. The van der Waals surface area contributed by atoms with Crippen molar-refractivity contribution >= 4 is 11.6 Å². The van der Waals surface area contributed by atoms with Gasteiger partial charge in [0, 0.05) is 0 Å². The summed E-state index contributed by atoms with van der Waals surface area (Å²) in [6.45, 7) is 3.87. The highest BCUT2D eigenvalue weighted by Crippen LogP contribution is 2.24. The van der Waals surface area contributed by atoms with Gasteiger partial charge in [-0.25, -0.2) is 4.79 Å². The molecule has 0 radical (unpaired) electrons. The Morgan fingerprint density at radius 3 is 2.84 bits per heavy atom. The second-order valence-electron chi connectivity index (χ2n) is 4.24. The zero-order chi connectivity index (χ0) is 14.0. The third kappa shape index (κ3) is 2.42. The molecule has 100 valence electrons. The zero-order valence-corrected chi connectivity index (χ0v) is 11.1. The average Bonchev–Trinajstić information content (AvgIpc) is 2.71. The van der Waals surface area contributed by atoms with Crippen molar-refractivity contribution in [1.29, 1.82) is 0 Å². The number of benzene rings is 1. The molecule has 0 aliphatic carbocycles. The Bertz CT molecular complexity index is 683. The smallest absolute Gasteiger partial charge is 0.435 e. The molecule has 0 saturated heterocycles. The Hall–Kier alpha value is -2.37. The van der Waals surface area contributed by atoms with Crippen LogP contribution in [0.15, 0.2) is 32.5 Å². The molecule has 0 spiro atoms. The normalized spacial score (nSPS) is 11.8. The van der Waals surface area contributed by atoms with Gasteiger partial charge in [-0.15, -0.1) is 0 Å². The van der Waals surface area contributed by atoms with Gasteiger partial charge in [0.25, 0.3) is 0 Å². The predicted molar refractivity (Wildman–Crippen MR) is 67.3 cm³/mol. The van der Waals surface area contributed by atoms with Gasteiger partial charge in [0.2, 0.25) is 0 Å². The van der Waals surface area contributed by atoms with Gasteiger partial charge in [0.05, 0.1) is 11.6 Å². The molecule has 6 heteroatoms. The van der Waals surface area contributed by atoms with Crippen molar-refractivity contribution in [1.82, 2.24) is 5.27 Å². The molecule has 0 fully saturated rings. The molecule has 0 aliphatic rings. The lowest BCUT2D eigenvalue weighted by Crippen LogP contribution is -2.43. The highest BCUT2D eigenvalue weighted by molar-refractivity contribution is 5.89. The van der Waals surface area contributed by atoms with Crippen LogP contribution in [0.4, 0.5) is 5.69 Å². The van der Waals surface area contributed by atoms with Crippen molar-refractivity contribution in [3.8, 4) is 0 Å². The number of H-pyrrole nitrogens is 1. The number of nitrogens with one attached hydrogen (secondary N) is 1. The highest BCUT2D eigenvalue weighted by Gasteiger charge is 2.17. The summed E-state index contributed by atoms with van der Waals surface area (Å²) < 4.78 is 5.76. The number of para-hydroxylation sites is 1. The maximum atomic E-state index is 12.1. The van der Waals surface area contributed by atoms with Crippen LogP contribution in [0.25, 0.3) is 0 Å². The lowest BCUT2D eigenvalue weighted by molar-refractivity contribution is -0.742. The van der Waals surface area contributed by atoms with Gasteiger partial charge < -0.3 is 5.11 Å². The lowest BCUT2D eigenvalue weighted by Gasteiger charge is -2.09. The Balaban J connectivity index is 2.56. The van der Waals surface area contributed by atoms with E-state index in [4.69, 9.17) is 0 Å². The maximum Gasteiger partial charge on any atom is 0.435 e. The van der Waals surface area contributed by atoms with Crippen molar-refractivity contribution in [3.05, 3.63) is 45.4 Å². The van der Waals surface area contributed by atoms with Crippen LogP contribution in [0.2, 0.25) is 0 Å². The molecule has 0 amide bonds. The van der Waals surface area contributed by atoms with E-state index in [2.05, 4.69) is 14.8 Å². The molecule has 0 bridgehead atoms. The topological polar surface area (TPSA) is 85.3 Å². The van der Waals surface area contributed by atoms with Crippen LogP contribution < -0.4 is 15.4 Å². The Morgan fingerprint density at radius 1 is 1.53 bits per heavy atom. The van der Waals surface area contributed by atoms with Gasteiger partial charge in [-0.05, 0) is 29.7 Å². The molecule has 0 saturated carbocycles. The van der Waals surface area contributed by atoms with Gasteiger partial charge in [0.15, 0.2) is 7.05 Å². The molecule has 2 rings (SSSR count). The maximum absolute atomic E-state index is 12.1. The molecule has 1 aromatic carbocycles. The Morgan fingerprint density at radius 2 is 2.26 bits per heavy atom. The minimum atomic E-state index is -0.720. The van der Waals surface area contributed by atoms with Crippen molar-refractivity contribution in [3.63, 3.8) is 0 Å². The molecular formula is C13H15N3O3. The number of aromatic nitrogens is 2. The van der Waals surface area contributed by atoms with Crippen LogP contribution in [0.5, 0.6) is 0 Å². The monoisotopic (exact) mass is 261 g/mol. The third-order valence-electron chi connectivity index (χ3n) is 2.92. The van der Waals surface area contributed by atoms with E-state index in [1.807, 2.05) is 32.0 Å². The molecule has 19 heavy (non-hydrogen) atoms. The first-order valence-electron chi connectivity index (χ1n) is 5.96. The molecular weight excluding hydrogens is 246 g/mol. The minimum Gasteiger partial charge on any atom is -0.854 e. The van der Waals surface area contributed by atoms with Gasteiger partial charge in [-0.2, -0.15) is 0 Å². The summed E-state index contributed by atoms with van der Waals surface area (Å²) in [6, 6.07) is 5.71. The van der Waals surface area contributed by atoms with Crippen LogP contribution >= 0.6 is 0 Å². The molecule has 0 aliphatic heterocycles. The van der Waals surface area contributed by atoms with Crippen molar-refractivity contribution in [2.75, 3.05) is 0 Å². The quantitative estimate of drug-likeness (QED) is 0.483. The third-order valence-corrected chi connectivity index (χ3v) is 2.92. The van der Waals surface area contributed by atoms with Crippen LogP contribution in [-0.2, 0) is 13.5 Å². The largest absolute Gasteiger partial charge is 0.854 e. The fraction of sp³-hybridized carbons (Fsp3) is 0.308. The van der Waals surface area contributed by atoms with E-state index < -0.39 is 11.5 Å². The van der Waals surface area contributed by atoms with Crippen LogP contribution in [-0.4, -0.2) is 11.2 Å². The van der Waals surface area contributed by atoms with Crippen molar-refractivity contribution in [2.45, 2.75) is 20.3 Å². The molecule has 0 atom stereocenters. The first kappa shape index (κ1) is 13.1. The van der Waals surface area contributed by atoms with E-state index in [0.717, 1.165) is 17.5 Å². The highest BCUT2D eigenvalue weighted by atomic mass is 16.5. The number of aliphatic imine (C=N–C) groups is 1. The fourth-order valence-electron chi connectivity index (χ4n) is 1.89. The lowest BCUT2D eigenvalue weighted by atomic mass is 10.1. The van der Waals surface area contributed by atoms with E-state index in [9.17, 15) is 9.90 Å². The fourth-order valence-corrected chi connectivity index (χ4v) is 1.89. The summed E-state index contributed by atoms with van der Waals surface area (Å²) >= 11 is 0. The van der Waals surface area contributed by atoms with Crippen LogP contribution in [0, 0.1) is 6.92 Å². The summed E-state index contributed by atoms with van der Waals surface area (Å²) in [6.07, 6.45) is 0.766. The zero-order valence-electron chi connectivity index (χ0n) is 11.1.